The molecule has 4 rings (SSSR count). The van der Waals surface area contributed by atoms with Crippen LogP contribution in [0.2, 0.25) is 0 Å². The third-order valence-corrected chi connectivity index (χ3v) is 5.06. The summed E-state index contributed by atoms with van der Waals surface area (Å²) in [7, 11) is 0. The highest BCUT2D eigenvalue weighted by atomic mass is 16.5. The maximum atomic E-state index is 12.0. The van der Waals surface area contributed by atoms with Crippen molar-refractivity contribution in [2.24, 2.45) is 0 Å². The zero-order valence-electron chi connectivity index (χ0n) is 14.6. The third kappa shape index (κ3) is 3.21. The summed E-state index contributed by atoms with van der Waals surface area (Å²) in [6.07, 6.45) is 0. The molecule has 0 saturated carbocycles. The zero-order chi connectivity index (χ0) is 18.1. The molecule has 0 spiro atoms. The molecule has 3 aromatic rings. The van der Waals surface area contributed by atoms with Gasteiger partial charge in [0.2, 0.25) is 0 Å². The Kier molecular flexibility index (Phi) is 4.44. The smallest absolute Gasteiger partial charge is 0.326 e. The van der Waals surface area contributed by atoms with Gasteiger partial charge in [0, 0.05) is 19.1 Å². The summed E-state index contributed by atoms with van der Waals surface area (Å²) < 4.78 is 5.42. The van der Waals surface area contributed by atoms with Crippen LogP contribution in [0.5, 0.6) is 0 Å². The van der Waals surface area contributed by atoms with Gasteiger partial charge in [0.1, 0.15) is 0 Å². The van der Waals surface area contributed by atoms with Gasteiger partial charge in [-0.3, -0.25) is 14.7 Å². The van der Waals surface area contributed by atoms with E-state index in [-0.39, 0.29) is 5.56 Å². The Morgan fingerprint density at radius 3 is 2.38 bits per heavy atom. The molecule has 1 aliphatic heterocycles. The number of aromatic nitrogens is 2. The van der Waals surface area contributed by atoms with Crippen molar-refractivity contribution < 1.29 is 4.74 Å². The molecule has 0 radical (unpaired) electrons. The second-order valence-corrected chi connectivity index (χ2v) is 6.61. The van der Waals surface area contributed by atoms with Crippen LogP contribution in [0.1, 0.15) is 18.5 Å². The first kappa shape index (κ1) is 16.8. The lowest BCUT2D eigenvalue weighted by Gasteiger charge is -2.32. The number of fused-ring (bicyclic) bond motifs is 1. The molecular weight excluding hydrogens is 330 g/mol. The summed E-state index contributed by atoms with van der Waals surface area (Å²) in [5.41, 5.74) is 2.93. The first-order chi connectivity index (χ1) is 12.6. The molecule has 2 aromatic carbocycles. The van der Waals surface area contributed by atoms with Crippen LogP contribution >= 0.6 is 0 Å². The van der Waals surface area contributed by atoms with E-state index in [1.54, 1.807) is 6.07 Å². The highest BCUT2D eigenvalue weighted by Gasteiger charge is 2.18. The minimum atomic E-state index is -0.489. The van der Waals surface area contributed by atoms with Crippen molar-refractivity contribution in [2.75, 3.05) is 26.3 Å². The van der Waals surface area contributed by atoms with Crippen LogP contribution in [-0.4, -0.2) is 41.2 Å². The molecule has 134 valence electrons. The van der Waals surface area contributed by atoms with E-state index in [1.807, 2.05) is 12.1 Å². The Morgan fingerprint density at radius 1 is 0.962 bits per heavy atom. The minimum Gasteiger partial charge on any atom is -0.379 e. The maximum absolute atomic E-state index is 12.0. The quantitative estimate of drug-likeness (QED) is 0.759. The first-order valence-corrected chi connectivity index (χ1v) is 8.80. The van der Waals surface area contributed by atoms with Crippen LogP contribution in [0, 0.1) is 0 Å². The monoisotopic (exact) mass is 351 g/mol. The van der Waals surface area contributed by atoms with Gasteiger partial charge in [-0.25, -0.2) is 4.79 Å². The summed E-state index contributed by atoms with van der Waals surface area (Å²) in [6.45, 7) is 5.70. The lowest BCUT2D eigenvalue weighted by Crippen LogP contribution is -2.37. The number of hydrogen-bond acceptors (Lipinski definition) is 4. The van der Waals surface area contributed by atoms with Gasteiger partial charge in [0.05, 0.1) is 24.1 Å². The predicted octanol–water partition coefficient (Wildman–Crippen LogP) is 2.28. The van der Waals surface area contributed by atoms with Crippen LogP contribution in [0.15, 0.2) is 52.1 Å². The van der Waals surface area contributed by atoms with Crippen molar-refractivity contribution in [3.05, 3.63) is 68.9 Å². The fraction of sp³-hybridized carbons (Fsp3) is 0.300. The lowest BCUT2D eigenvalue weighted by atomic mass is 9.99. The Morgan fingerprint density at radius 2 is 1.65 bits per heavy atom. The molecule has 2 N–H and O–H groups in total. The molecule has 2 heterocycles. The summed E-state index contributed by atoms with van der Waals surface area (Å²) >= 11 is 0. The summed E-state index contributed by atoms with van der Waals surface area (Å²) in [6, 6.07) is 14.3. The highest BCUT2D eigenvalue weighted by Crippen LogP contribution is 2.26. The van der Waals surface area contributed by atoms with E-state index in [2.05, 4.69) is 46.1 Å². The van der Waals surface area contributed by atoms with Gasteiger partial charge in [-0.15, -0.1) is 0 Å². The number of nitrogens with zero attached hydrogens (tertiary/aromatic N) is 1. The largest absolute Gasteiger partial charge is 0.379 e. The predicted molar refractivity (Wildman–Crippen MR) is 101 cm³/mol. The van der Waals surface area contributed by atoms with Gasteiger partial charge >= 0.3 is 5.69 Å². The van der Waals surface area contributed by atoms with Gasteiger partial charge in [-0.2, -0.15) is 0 Å². The first-order valence-electron chi connectivity index (χ1n) is 8.80. The molecule has 1 atom stereocenters. The summed E-state index contributed by atoms with van der Waals surface area (Å²) in [5, 5.41) is 0.480. The van der Waals surface area contributed by atoms with E-state index in [0.29, 0.717) is 16.9 Å². The number of hydrogen-bond donors (Lipinski definition) is 2. The normalized spacial score (nSPS) is 16.7. The van der Waals surface area contributed by atoms with Crippen LogP contribution in [0.25, 0.3) is 22.0 Å². The van der Waals surface area contributed by atoms with E-state index in [9.17, 15) is 9.59 Å². The third-order valence-electron chi connectivity index (χ3n) is 5.06. The number of H-pyrrole nitrogens is 2. The van der Waals surface area contributed by atoms with Gasteiger partial charge in [-0.05, 0) is 35.7 Å². The fourth-order valence-electron chi connectivity index (χ4n) is 3.47. The van der Waals surface area contributed by atoms with Gasteiger partial charge < -0.3 is 9.72 Å². The topological polar surface area (TPSA) is 78.2 Å². The zero-order valence-corrected chi connectivity index (χ0v) is 14.6. The number of aromatic amines is 2. The Bertz CT molecular complexity index is 1030. The average Bonchev–Trinajstić information content (AvgIpc) is 2.68. The molecule has 6 heteroatoms. The molecule has 1 aromatic heterocycles. The number of morpholine rings is 1. The van der Waals surface area contributed by atoms with Crippen LogP contribution < -0.4 is 11.2 Å². The van der Waals surface area contributed by atoms with Crippen LogP contribution in [0.4, 0.5) is 0 Å². The molecule has 1 saturated heterocycles. The van der Waals surface area contributed by atoms with E-state index in [1.165, 1.54) is 5.56 Å². The Labute approximate surface area is 150 Å². The number of ether oxygens (including phenoxy) is 1. The molecule has 0 unspecified atom stereocenters. The van der Waals surface area contributed by atoms with Crippen molar-refractivity contribution in [1.82, 2.24) is 14.9 Å². The fourth-order valence-corrected chi connectivity index (χ4v) is 3.47. The van der Waals surface area contributed by atoms with E-state index >= 15 is 0 Å². The van der Waals surface area contributed by atoms with Crippen LogP contribution in [0.3, 0.4) is 0 Å². The molecule has 0 bridgehead atoms. The lowest BCUT2D eigenvalue weighted by molar-refractivity contribution is 0.0198. The van der Waals surface area contributed by atoms with E-state index in [0.717, 1.165) is 37.4 Å². The second kappa shape index (κ2) is 6.90. The van der Waals surface area contributed by atoms with Crippen LogP contribution in [-0.2, 0) is 4.74 Å². The number of rotatable bonds is 3. The summed E-state index contributed by atoms with van der Waals surface area (Å²) in [4.78, 5) is 30.7. The number of benzene rings is 2. The average molecular weight is 351 g/mol. The van der Waals surface area contributed by atoms with Gasteiger partial charge in [0.15, 0.2) is 0 Å². The van der Waals surface area contributed by atoms with Crippen molar-refractivity contribution in [2.45, 2.75) is 13.0 Å². The number of nitrogens with one attached hydrogen (secondary N) is 2. The second-order valence-electron chi connectivity index (χ2n) is 6.61. The SMILES string of the molecule is C[C@@H](c1ccc(-c2ccc3[nH]c(=O)[nH]c(=O)c3c2)cc1)N1CCOCC1. The van der Waals surface area contributed by atoms with Crippen molar-refractivity contribution in [3.8, 4) is 11.1 Å². The Hall–Kier alpha value is -2.70. The molecule has 1 aliphatic rings. The molecule has 26 heavy (non-hydrogen) atoms. The molecule has 0 amide bonds. The van der Waals surface area contributed by atoms with Gasteiger partial charge in [-0.1, -0.05) is 30.3 Å². The van der Waals surface area contributed by atoms with Crippen molar-refractivity contribution in [1.29, 1.82) is 0 Å². The maximum Gasteiger partial charge on any atom is 0.326 e. The summed E-state index contributed by atoms with van der Waals surface area (Å²) in [5.74, 6) is 0. The van der Waals surface area contributed by atoms with Gasteiger partial charge in [0.25, 0.3) is 5.56 Å². The molecular formula is C20H21N3O3. The standard InChI is InChI=1S/C20H21N3O3/c1-13(23-8-10-26-11-9-23)14-2-4-15(5-3-14)16-6-7-18-17(12-16)19(24)22-20(25)21-18/h2-7,12-13H,8-11H2,1H3,(H2,21,22,24,25)/t13-/m0/s1. The molecule has 0 aliphatic carbocycles. The minimum absolute atomic E-state index is 0.345. The van der Waals surface area contributed by atoms with E-state index in [4.69, 9.17) is 4.74 Å². The van der Waals surface area contributed by atoms with Crippen molar-refractivity contribution >= 4 is 10.9 Å². The molecule has 6 nitrogen and oxygen atoms in total. The highest BCUT2D eigenvalue weighted by molar-refractivity contribution is 5.83. The molecule has 1 fully saturated rings. The Balaban J connectivity index is 1.63. The van der Waals surface area contributed by atoms with Crippen molar-refractivity contribution in [3.63, 3.8) is 0 Å². The van der Waals surface area contributed by atoms with E-state index < -0.39 is 5.69 Å².